The second-order valence-electron chi connectivity index (χ2n) is 2.93. The number of phenols is 1. The Labute approximate surface area is 98.1 Å². The van der Waals surface area contributed by atoms with E-state index in [2.05, 4.69) is 0 Å². The third-order valence-corrected chi connectivity index (χ3v) is 2.27. The van der Waals surface area contributed by atoms with Crippen molar-refractivity contribution < 1.29 is 9.90 Å². The quantitative estimate of drug-likeness (QED) is 0.651. The van der Waals surface area contributed by atoms with Crippen molar-refractivity contribution in [2.75, 3.05) is 5.88 Å². The lowest BCUT2D eigenvalue weighted by Gasteiger charge is -2.03. The number of aromatic hydroxyl groups is 1. The molecule has 0 aromatic heterocycles. The number of carbonyl (C=O) groups is 1. The molecule has 0 unspecified atom stereocenters. The third kappa shape index (κ3) is 3.26. The molecule has 0 saturated heterocycles. The van der Waals surface area contributed by atoms with E-state index in [0.29, 0.717) is 29.2 Å². The number of alkyl halides is 1. The Morgan fingerprint density at radius 3 is 2.60 bits per heavy atom. The third-order valence-electron chi connectivity index (χ3n) is 1.83. The monoisotopic (exact) mass is 244 g/mol. The van der Waals surface area contributed by atoms with Crippen LogP contribution in [0.4, 0.5) is 0 Å². The van der Waals surface area contributed by atoms with Crippen LogP contribution in [0.25, 0.3) is 6.08 Å². The summed E-state index contributed by atoms with van der Waals surface area (Å²) in [5.74, 6) is 0.457. The second kappa shape index (κ2) is 5.79. The maximum Gasteiger partial charge on any atom is 0.153 e. The minimum atomic E-state index is -0.0553. The second-order valence-corrected chi connectivity index (χ2v) is 3.75. The van der Waals surface area contributed by atoms with Crippen molar-refractivity contribution in [2.45, 2.75) is 6.42 Å². The number of hydrogen-bond donors (Lipinski definition) is 1. The van der Waals surface area contributed by atoms with Crippen LogP contribution in [-0.2, 0) is 0 Å². The molecule has 0 aliphatic heterocycles. The van der Waals surface area contributed by atoms with Crippen molar-refractivity contribution in [1.29, 1.82) is 0 Å². The normalized spacial score (nSPS) is 10.8. The van der Waals surface area contributed by atoms with Gasteiger partial charge in [-0.3, -0.25) is 4.79 Å². The van der Waals surface area contributed by atoms with Crippen molar-refractivity contribution in [2.24, 2.45) is 0 Å². The Balaban J connectivity index is 3.06. The van der Waals surface area contributed by atoms with Crippen molar-refractivity contribution >= 4 is 35.6 Å². The number of carbonyl (C=O) groups excluding carboxylic acids is 1. The standard InChI is InChI=1S/C11H10Cl2O2/c12-4-2-1-3-8-5-10(13)6-9(7-14)11(8)15/h1,3,5-7,15H,2,4H2. The smallest absolute Gasteiger partial charge is 0.153 e. The van der Waals surface area contributed by atoms with Gasteiger partial charge in [-0.15, -0.1) is 11.6 Å². The minimum absolute atomic E-state index is 0.0553. The number of rotatable bonds is 4. The molecule has 0 saturated carbocycles. The van der Waals surface area contributed by atoms with Gasteiger partial charge in [0.05, 0.1) is 5.56 Å². The molecular formula is C11H10Cl2O2. The molecule has 0 aliphatic carbocycles. The van der Waals surface area contributed by atoms with Crippen LogP contribution >= 0.6 is 23.2 Å². The van der Waals surface area contributed by atoms with Crippen LogP contribution in [0.5, 0.6) is 5.75 Å². The molecule has 1 aromatic carbocycles. The summed E-state index contributed by atoms with van der Waals surface area (Å²) in [6.45, 7) is 0. The first-order valence-corrected chi connectivity index (χ1v) is 5.30. The summed E-state index contributed by atoms with van der Waals surface area (Å²) in [5, 5.41) is 10.1. The lowest BCUT2D eigenvalue weighted by Crippen LogP contribution is -1.85. The molecular weight excluding hydrogens is 235 g/mol. The van der Waals surface area contributed by atoms with Crippen LogP contribution in [0.15, 0.2) is 18.2 Å². The van der Waals surface area contributed by atoms with Gasteiger partial charge in [0.1, 0.15) is 5.75 Å². The van der Waals surface area contributed by atoms with E-state index in [1.807, 2.05) is 6.08 Å². The lowest BCUT2D eigenvalue weighted by molar-refractivity contribution is 0.112. The van der Waals surface area contributed by atoms with Crippen LogP contribution in [0, 0.1) is 0 Å². The summed E-state index contributed by atoms with van der Waals surface area (Å²) in [7, 11) is 0. The van der Waals surface area contributed by atoms with E-state index in [0.717, 1.165) is 0 Å². The molecule has 80 valence electrons. The zero-order chi connectivity index (χ0) is 11.3. The van der Waals surface area contributed by atoms with Gasteiger partial charge < -0.3 is 5.11 Å². The summed E-state index contributed by atoms with van der Waals surface area (Å²) in [6.07, 6.45) is 4.77. The highest BCUT2D eigenvalue weighted by atomic mass is 35.5. The molecule has 0 amide bonds. The molecule has 15 heavy (non-hydrogen) atoms. The molecule has 0 bridgehead atoms. The molecule has 2 nitrogen and oxygen atoms in total. The first-order chi connectivity index (χ1) is 7.19. The minimum Gasteiger partial charge on any atom is -0.507 e. The van der Waals surface area contributed by atoms with Crippen LogP contribution in [0.2, 0.25) is 5.02 Å². The van der Waals surface area contributed by atoms with Crippen LogP contribution < -0.4 is 0 Å². The summed E-state index contributed by atoms with van der Waals surface area (Å²) in [5.41, 5.74) is 0.711. The average molecular weight is 245 g/mol. The lowest BCUT2D eigenvalue weighted by atomic mass is 10.1. The highest BCUT2D eigenvalue weighted by molar-refractivity contribution is 6.31. The van der Waals surface area contributed by atoms with Gasteiger partial charge in [0, 0.05) is 16.5 Å². The van der Waals surface area contributed by atoms with Crippen molar-refractivity contribution in [3.05, 3.63) is 34.4 Å². The largest absolute Gasteiger partial charge is 0.507 e. The molecule has 0 radical (unpaired) electrons. The molecule has 1 rings (SSSR count). The predicted molar refractivity (Wildman–Crippen MR) is 62.9 cm³/mol. The highest BCUT2D eigenvalue weighted by Crippen LogP contribution is 2.27. The van der Waals surface area contributed by atoms with Crippen LogP contribution in [-0.4, -0.2) is 17.3 Å². The number of benzene rings is 1. The fourth-order valence-electron chi connectivity index (χ4n) is 1.13. The van der Waals surface area contributed by atoms with Gasteiger partial charge in [-0.1, -0.05) is 23.8 Å². The maximum atomic E-state index is 10.6. The molecule has 1 aromatic rings. The Hall–Kier alpha value is -0.990. The number of allylic oxidation sites excluding steroid dienone is 1. The number of halogens is 2. The zero-order valence-electron chi connectivity index (χ0n) is 7.91. The van der Waals surface area contributed by atoms with Gasteiger partial charge in [0.15, 0.2) is 6.29 Å². The summed E-state index contributed by atoms with van der Waals surface area (Å²) >= 11 is 11.3. The first-order valence-electron chi connectivity index (χ1n) is 4.39. The van der Waals surface area contributed by atoms with Gasteiger partial charge in [0.25, 0.3) is 0 Å². The predicted octanol–water partition coefficient (Wildman–Crippen LogP) is 3.50. The maximum absolute atomic E-state index is 10.6. The zero-order valence-corrected chi connectivity index (χ0v) is 9.42. The van der Waals surface area contributed by atoms with Gasteiger partial charge >= 0.3 is 0 Å². The van der Waals surface area contributed by atoms with E-state index in [-0.39, 0.29) is 11.3 Å². The van der Waals surface area contributed by atoms with Gasteiger partial charge in [-0.25, -0.2) is 0 Å². The number of aldehydes is 1. The summed E-state index contributed by atoms with van der Waals surface area (Å²) in [6, 6.07) is 3.01. The fraction of sp³-hybridized carbons (Fsp3) is 0.182. The SMILES string of the molecule is O=Cc1cc(Cl)cc(C=CCCCl)c1O. The molecule has 0 heterocycles. The van der Waals surface area contributed by atoms with E-state index in [4.69, 9.17) is 23.2 Å². The van der Waals surface area contributed by atoms with E-state index in [1.54, 1.807) is 12.1 Å². The molecule has 0 spiro atoms. The number of hydrogen-bond acceptors (Lipinski definition) is 2. The van der Waals surface area contributed by atoms with E-state index in [9.17, 15) is 9.90 Å². The van der Waals surface area contributed by atoms with Crippen molar-refractivity contribution in [3.63, 3.8) is 0 Å². The van der Waals surface area contributed by atoms with Gasteiger partial charge in [0.2, 0.25) is 0 Å². The van der Waals surface area contributed by atoms with Crippen LogP contribution in [0.1, 0.15) is 22.3 Å². The van der Waals surface area contributed by atoms with Crippen molar-refractivity contribution in [1.82, 2.24) is 0 Å². The van der Waals surface area contributed by atoms with E-state index in [1.165, 1.54) is 6.07 Å². The van der Waals surface area contributed by atoms with Crippen LogP contribution in [0.3, 0.4) is 0 Å². The first kappa shape index (κ1) is 12.1. The molecule has 0 aliphatic rings. The number of phenolic OH excluding ortho intramolecular Hbond substituents is 1. The van der Waals surface area contributed by atoms with Gasteiger partial charge in [-0.05, 0) is 18.6 Å². The summed E-state index contributed by atoms with van der Waals surface area (Å²) < 4.78 is 0. The topological polar surface area (TPSA) is 37.3 Å². The molecule has 1 N–H and O–H groups in total. The Bertz CT molecular complexity index is 386. The molecule has 0 atom stereocenters. The Morgan fingerprint density at radius 2 is 2.00 bits per heavy atom. The average Bonchev–Trinajstić information content (AvgIpc) is 2.23. The fourth-order valence-corrected chi connectivity index (χ4v) is 1.49. The highest BCUT2D eigenvalue weighted by Gasteiger charge is 2.06. The molecule has 0 fully saturated rings. The van der Waals surface area contributed by atoms with Gasteiger partial charge in [-0.2, -0.15) is 0 Å². The summed E-state index contributed by atoms with van der Waals surface area (Å²) in [4.78, 5) is 10.6. The van der Waals surface area contributed by atoms with Crippen molar-refractivity contribution in [3.8, 4) is 5.75 Å². The Kier molecular flexibility index (Phi) is 4.66. The Morgan fingerprint density at radius 1 is 1.33 bits per heavy atom. The van der Waals surface area contributed by atoms with E-state index >= 15 is 0 Å². The molecule has 4 heteroatoms. The van der Waals surface area contributed by atoms with E-state index < -0.39 is 0 Å².